The predicted molar refractivity (Wildman–Crippen MR) is 103 cm³/mol. The summed E-state index contributed by atoms with van der Waals surface area (Å²) in [6.45, 7) is 4.66. The van der Waals surface area contributed by atoms with E-state index in [1.807, 2.05) is 13.8 Å². The Morgan fingerprint density at radius 3 is 2.04 bits per heavy atom. The van der Waals surface area contributed by atoms with E-state index in [4.69, 9.17) is 0 Å². The van der Waals surface area contributed by atoms with Crippen molar-refractivity contribution in [2.75, 3.05) is 19.6 Å². The SMILES string of the molecule is CCN(CC(=O)NCc1ccc(F)cc1)CC(=O)NC(C)c1ccc(F)cc1. The maximum absolute atomic E-state index is 13.0. The molecule has 0 spiro atoms. The normalized spacial score (nSPS) is 11.9. The lowest BCUT2D eigenvalue weighted by molar-refractivity contribution is -0.125. The molecule has 0 aliphatic heterocycles. The molecule has 0 radical (unpaired) electrons. The highest BCUT2D eigenvalue weighted by molar-refractivity contribution is 5.81. The monoisotopic (exact) mass is 389 g/mol. The molecule has 2 aromatic rings. The van der Waals surface area contributed by atoms with E-state index in [0.717, 1.165) is 11.1 Å². The van der Waals surface area contributed by atoms with Gasteiger partial charge in [-0.2, -0.15) is 0 Å². The lowest BCUT2D eigenvalue weighted by atomic mass is 10.1. The summed E-state index contributed by atoms with van der Waals surface area (Å²) >= 11 is 0. The number of carbonyl (C=O) groups excluding carboxylic acids is 2. The highest BCUT2D eigenvalue weighted by Gasteiger charge is 2.15. The number of benzene rings is 2. The molecule has 1 unspecified atom stereocenters. The summed E-state index contributed by atoms with van der Waals surface area (Å²) in [5, 5.41) is 5.60. The van der Waals surface area contributed by atoms with Gasteiger partial charge in [0.05, 0.1) is 19.1 Å². The Balaban J connectivity index is 1.78. The van der Waals surface area contributed by atoms with Crippen LogP contribution in [0.3, 0.4) is 0 Å². The summed E-state index contributed by atoms with van der Waals surface area (Å²) < 4.78 is 25.9. The number of hydrogen-bond acceptors (Lipinski definition) is 3. The van der Waals surface area contributed by atoms with E-state index < -0.39 is 0 Å². The van der Waals surface area contributed by atoms with Crippen LogP contribution < -0.4 is 10.6 Å². The zero-order chi connectivity index (χ0) is 20.5. The fourth-order valence-corrected chi connectivity index (χ4v) is 2.67. The second-order valence-corrected chi connectivity index (χ2v) is 6.55. The molecule has 0 aliphatic rings. The summed E-state index contributed by atoms with van der Waals surface area (Å²) in [6, 6.07) is 11.6. The van der Waals surface area contributed by atoms with Crippen molar-refractivity contribution < 1.29 is 18.4 Å². The number of nitrogens with zero attached hydrogens (tertiary/aromatic N) is 1. The Bertz CT molecular complexity index is 779. The molecule has 0 fully saturated rings. The molecule has 0 aliphatic carbocycles. The highest BCUT2D eigenvalue weighted by atomic mass is 19.1. The van der Waals surface area contributed by atoms with Gasteiger partial charge in [-0.15, -0.1) is 0 Å². The van der Waals surface area contributed by atoms with E-state index in [0.29, 0.717) is 13.1 Å². The Labute approximate surface area is 163 Å². The Morgan fingerprint density at radius 1 is 0.929 bits per heavy atom. The number of halogens is 2. The quantitative estimate of drug-likeness (QED) is 0.693. The van der Waals surface area contributed by atoms with Crippen molar-refractivity contribution >= 4 is 11.8 Å². The first kappa shape index (κ1) is 21.5. The summed E-state index contributed by atoms with van der Waals surface area (Å²) in [5.74, 6) is -1.09. The summed E-state index contributed by atoms with van der Waals surface area (Å²) in [4.78, 5) is 26.1. The van der Waals surface area contributed by atoms with Crippen molar-refractivity contribution in [3.05, 3.63) is 71.3 Å². The van der Waals surface area contributed by atoms with Crippen LogP contribution in [-0.2, 0) is 16.1 Å². The molecule has 7 heteroatoms. The minimum absolute atomic E-state index is 0.0754. The van der Waals surface area contributed by atoms with E-state index in [-0.39, 0.29) is 42.6 Å². The average Bonchev–Trinajstić information content (AvgIpc) is 2.67. The summed E-state index contributed by atoms with van der Waals surface area (Å²) in [5.41, 5.74) is 1.60. The van der Waals surface area contributed by atoms with E-state index in [1.54, 1.807) is 29.2 Å². The van der Waals surface area contributed by atoms with Gasteiger partial charge in [-0.3, -0.25) is 14.5 Å². The van der Waals surface area contributed by atoms with E-state index in [1.165, 1.54) is 24.3 Å². The van der Waals surface area contributed by atoms with Crippen LogP contribution in [0, 0.1) is 11.6 Å². The first-order valence-corrected chi connectivity index (χ1v) is 9.15. The third-order valence-electron chi connectivity index (χ3n) is 4.33. The Kier molecular flexibility index (Phi) is 8.07. The maximum Gasteiger partial charge on any atom is 0.234 e. The number of amides is 2. The zero-order valence-electron chi connectivity index (χ0n) is 16.0. The average molecular weight is 389 g/mol. The summed E-state index contributed by atoms with van der Waals surface area (Å²) in [6.07, 6.45) is 0. The van der Waals surface area contributed by atoms with Crippen molar-refractivity contribution in [1.82, 2.24) is 15.5 Å². The summed E-state index contributed by atoms with van der Waals surface area (Å²) in [7, 11) is 0. The van der Waals surface area contributed by atoms with Gasteiger partial charge in [-0.1, -0.05) is 31.2 Å². The Hall–Kier alpha value is -2.80. The molecule has 0 saturated carbocycles. The van der Waals surface area contributed by atoms with Gasteiger partial charge in [0.25, 0.3) is 0 Å². The fourth-order valence-electron chi connectivity index (χ4n) is 2.67. The van der Waals surface area contributed by atoms with Crippen LogP contribution in [0.1, 0.15) is 31.0 Å². The number of hydrogen-bond donors (Lipinski definition) is 2. The van der Waals surface area contributed by atoms with Gasteiger partial charge in [0.15, 0.2) is 0 Å². The third-order valence-corrected chi connectivity index (χ3v) is 4.33. The molecular weight excluding hydrogens is 364 g/mol. The van der Waals surface area contributed by atoms with Gasteiger partial charge < -0.3 is 10.6 Å². The van der Waals surface area contributed by atoms with Crippen molar-refractivity contribution in [2.24, 2.45) is 0 Å². The second-order valence-electron chi connectivity index (χ2n) is 6.55. The molecule has 2 N–H and O–H groups in total. The second kappa shape index (κ2) is 10.5. The molecule has 0 aromatic heterocycles. The lowest BCUT2D eigenvalue weighted by Gasteiger charge is -2.21. The van der Waals surface area contributed by atoms with Gasteiger partial charge in [0.2, 0.25) is 11.8 Å². The first-order valence-electron chi connectivity index (χ1n) is 9.15. The minimum Gasteiger partial charge on any atom is -0.351 e. The molecule has 5 nitrogen and oxygen atoms in total. The molecule has 2 rings (SSSR count). The Morgan fingerprint density at radius 2 is 1.46 bits per heavy atom. The zero-order valence-corrected chi connectivity index (χ0v) is 16.0. The third kappa shape index (κ3) is 7.08. The number of rotatable bonds is 9. The fraction of sp³-hybridized carbons (Fsp3) is 0.333. The molecule has 2 amide bonds. The molecular formula is C21H25F2N3O2. The number of nitrogens with one attached hydrogen (secondary N) is 2. The predicted octanol–water partition coefficient (Wildman–Crippen LogP) is 2.78. The van der Waals surface area contributed by atoms with Crippen molar-refractivity contribution in [2.45, 2.75) is 26.4 Å². The van der Waals surface area contributed by atoms with Crippen LogP contribution in [0.2, 0.25) is 0 Å². The van der Waals surface area contributed by atoms with Crippen LogP contribution in [0.15, 0.2) is 48.5 Å². The highest BCUT2D eigenvalue weighted by Crippen LogP contribution is 2.12. The molecule has 2 aromatic carbocycles. The van der Waals surface area contributed by atoms with Crippen LogP contribution in [0.4, 0.5) is 8.78 Å². The van der Waals surface area contributed by atoms with Crippen LogP contribution in [0.5, 0.6) is 0 Å². The lowest BCUT2D eigenvalue weighted by Crippen LogP contribution is -2.43. The molecule has 0 heterocycles. The van der Waals surface area contributed by atoms with Gasteiger partial charge in [0, 0.05) is 6.54 Å². The minimum atomic E-state index is -0.328. The molecule has 1 atom stereocenters. The van der Waals surface area contributed by atoms with Gasteiger partial charge in [0.1, 0.15) is 11.6 Å². The smallest absolute Gasteiger partial charge is 0.234 e. The van der Waals surface area contributed by atoms with E-state index >= 15 is 0 Å². The van der Waals surface area contributed by atoms with Gasteiger partial charge >= 0.3 is 0 Å². The van der Waals surface area contributed by atoms with Gasteiger partial charge in [-0.25, -0.2) is 8.78 Å². The number of carbonyl (C=O) groups is 2. The molecule has 150 valence electrons. The largest absolute Gasteiger partial charge is 0.351 e. The topological polar surface area (TPSA) is 61.4 Å². The number of likely N-dealkylation sites (N-methyl/N-ethyl adjacent to an activating group) is 1. The van der Waals surface area contributed by atoms with Crippen LogP contribution in [-0.4, -0.2) is 36.3 Å². The van der Waals surface area contributed by atoms with Crippen molar-refractivity contribution in [1.29, 1.82) is 0 Å². The first-order chi connectivity index (χ1) is 13.4. The van der Waals surface area contributed by atoms with E-state index in [9.17, 15) is 18.4 Å². The van der Waals surface area contributed by atoms with Gasteiger partial charge in [-0.05, 0) is 48.9 Å². The molecule has 28 heavy (non-hydrogen) atoms. The van der Waals surface area contributed by atoms with Crippen molar-refractivity contribution in [3.63, 3.8) is 0 Å². The van der Waals surface area contributed by atoms with Crippen LogP contribution in [0.25, 0.3) is 0 Å². The van der Waals surface area contributed by atoms with E-state index in [2.05, 4.69) is 10.6 Å². The van der Waals surface area contributed by atoms with Crippen LogP contribution >= 0.6 is 0 Å². The van der Waals surface area contributed by atoms with Crippen molar-refractivity contribution in [3.8, 4) is 0 Å². The maximum atomic E-state index is 13.0. The molecule has 0 saturated heterocycles. The standard InChI is InChI=1S/C21H25F2N3O2/c1-3-26(13-20(27)24-12-16-4-8-18(22)9-5-16)14-21(28)25-15(2)17-6-10-19(23)11-7-17/h4-11,15H,3,12-14H2,1-2H3,(H,24,27)(H,25,28). The molecule has 0 bridgehead atoms.